The van der Waals surface area contributed by atoms with Gasteiger partial charge in [-0.15, -0.1) is 0 Å². The molecule has 0 spiro atoms. The first-order valence-corrected chi connectivity index (χ1v) is 15.8. The number of halogens is 2. The molecule has 0 unspecified atom stereocenters. The molecule has 0 aromatic carbocycles. The Morgan fingerprint density at radius 1 is 1.75 bits per heavy atom. The van der Waals surface area contributed by atoms with Gasteiger partial charge < -0.3 is 4.74 Å². The van der Waals surface area contributed by atoms with Gasteiger partial charge in [-0.05, 0) is 6.92 Å². The summed E-state index contributed by atoms with van der Waals surface area (Å²) in [6.07, 6.45) is 0. The van der Waals surface area contributed by atoms with Crippen LogP contribution in [-0.2, 0) is 22.7 Å². The first-order valence-electron chi connectivity index (χ1n) is 1.94. The van der Waals surface area contributed by atoms with Crippen LogP contribution in [0.5, 0.6) is 0 Å². The fourth-order valence-corrected chi connectivity index (χ4v) is 0.0589. The Balaban J connectivity index is 0. The molecule has 0 bridgehead atoms. The summed E-state index contributed by atoms with van der Waals surface area (Å²) >= 11 is 6.25. The van der Waals surface area contributed by atoms with Crippen LogP contribution in [0.2, 0.25) is 0 Å². The van der Waals surface area contributed by atoms with E-state index in [4.69, 9.17) is 4.79 Å². The van der Waals surface area contributed by atoms with Crippen molar-refractivity contribution in [2.75, 3.05) is 6.61 Å². The maximum absolute atomic E-state index is 9.06. The van der Waals surface area contributed by atoms with E-state index >= 15 is 0 Å². The summed E-state index contributed by atoms with van der Waals surface area (Å²) in [5, 5.41) is 0. The van der Waals surface area contributed by atoms with Gasteiger partial charge in [0.1, 0.15) is 0 Å². The van der Waals surface area contributed by atoms with Crippen molar-refractivity contribution in [3.63, 3.8) is 0 Å². The number of hydrogen-bond donors (Lipinski definition) is 0. The predicted molar refractivity (Wildman–Crippen MR) is 35.2 cm³/mol. The minimum absolute atomic E-state index is 0.250. The topological polar surface area (TPSA) is 26.3 Å². The van der Waals surface area contributed by atoms with Gasteiger partial charge in [-0.3, -0.25) is 0 Å². The van der Waals surface area contributed by atoms with Crippen LogP contribution in [0.4, 0.5) is 0 Å². The molecule has 0 aromatic heterocycles. The van der Waals surface area contributed by atoms with Crippen molar-refractivity contribution in [3.05, 3.63) is 0 Å². The van der Waals surface area contributed by atoms with E-state index in [2.05, 4.69) is 32.0 Å². The van der Waals surface area contributed by atoms with Crippen molar-refractivity contribution < 1.29 is 22.7 Å². The van der Waals surface area contributed by atoms with E-state index in [-0.39, 0.29) is 13.2 Å². The molecule has 2 nitrogen and oxygen atoms in total. The summed E-state index contributed by atoms with van der Waals surface area (Å²) in [6, 6.07) is 0. The molecule has 0 rings (SSSR count). The molecule has 5 heteroatoms. The first-order chi connectivity index (χ1) is 3.83. The fourth-order valence-electron chi connectivity index (χ4n) is 0.0589. The van der Waals surface area contributed by atoms with Crippen LogP contribution in [-0.4, -0.2) is 13.1 Å². The Hall–Kier alpha value is 1.05. The Kier molecular flexibility index (Phi) is 23.1. The van der Waals surface area contributed by atoms with Gasteiger partial charge in [0, 0.05) is 0 Å². The molecule has 0 aliphatic heterocycles. The van der Waals surface area contributed by atoms with E-state index in [1.165, 1.54) is 6.47 Å². The summed E-state index contributed by atoms with van der Waals surface area (Å²) in [6.45, 7) is 3.41. The molecule has 0 aliphatic rings. The van der Waals surface area contributed by atoms with Crippen LogP contribution in [0.1, 0.15) is 6.92 Å². The second-order valence-corrected chi connectivity index (χ2v) is 14.7. The molecule has 0 aromatic rings. The van der Waals surface area contributed by atoms with Crippen molar-refractivity contribution in [1.29, 1.82) is 0 Å². The normalized spacial score (nSPS) is 5.38. The molecule has 0 heterocycles. The minimum atomic E-state index is -0.250. The van der Waals surface area contributed by atoms with Crippen LogP contribution in [0.25, 0.3) is 0 Å². The molecule has 0 fully saturated rings. The first kappa shape index (κ1) is 11.8. The second kappa shape index (κ2) is 15.7. The number of rotatable bonds is 2. The summed E-state index contributed by atoms with van der Waals surface area (Å²) < 4.78 is 4.03. The summed E-state index contributed by atoms with van der Waals surface area (Å²) in [5.74, 6) is 0. The zero-order valence-electron chi connectivity index (χ0n) is 4.49. The van der Waals surface area contributed by atoms with Crippen LogP contribution >= 0.6 is 27.2 Å². The molecule has 0 amide bonds. The second-order valence-electron chi connectivity index (χ2n) is 0.617. The van der Waals surface area contributed by atoms with Gasteiger partial charge >= 0.3 is 46.9 Å². The Morgan fingerprint density at radius 3 is 2.12 bits per heavy atom. The van der Waals surface area contributed by atoms with E-state index in [9.17, 15) is 0 Å². The molecule has 8 heavy (non-hydrogen) atoms. The molecule has 1 radical (unpaired) electrons. The van der Waals surface area contributed by atoms with Crippen molar-refractivity contribution in [2.45, 2.75) is 6.92 Å². The van der Waals surface area contributed by atoms with E-state index < -0.39 is 0 Å². The third-order valence-electron chi connectivity index (χ3n) is 0.203. The van der Waals surface area contributed by atoms with Crippen molar-refractivity contribution in [1.82, 2.24) is 0 Å². The van der Waals surface area contributed by atoms with Gasteiger partial charge in [-0.1, -0.05) is 0 Å². The van der Waals surface area contributed by atoms with E-state index in [1.807, 2.05) is 0 Å². The van der Waals surface area contributed by atoms with Crippen molar-refractivity contribution in [2.24, 2.45) is 0 Å². The van der Waals surface area contributed by atoms with E-state index in [1.54, 1.807) is 6.92 Å². The predicted octanol–water partition coefficient (Wildman–Crippen LogP) is 1.78. The average molecular weight is 298 g/mol. The molecular weight excluding hydrogens is 293 g/mol. The summed E-state index contributed by atoms with van der Waals surface area (Å²) in [7, 11) is 0. The van der Waals surface area contributed by atoms with Crippen LogP contribution in [0.3, 0.4) is 0 Å². The molecule has 0 saturated carbocycles. The van der Waals surface area contributed by atoms with Crippen molar-refractivity contribution >= 4 is 33.7 Å². The number of hydrogen-bond acceptors (Lipinski definition) is 2. The zero-order chi connectivity index (χ0) is 6.83. The van der Waals surface area contributed by atoms with Crippen LogP contribution in [0.15, 0.2) is 0 Å². The van der Waals surface area contributed by atoms with Crippen LogP contribution < -0.4 is 0 Å². The SMILES string of the molecule is CCO[C]=O.[Br][Zn][Br]. The monoisotopic (exact) mass is 295 g/mol. The third-order valence-corrected chi connectivity index (χ3v) is 0.203. The van der Waals surface area contributed by atoms with Crippen LogP contribution in [0, 0.1) is 0 Å². The third kappa shape index (κ3) is 27.7. The van der Waals surface area contributed by atoms with Gasteiger partial charge in [0.2, 0.25) is 0 Å². The molecular formula is C3H5Br2O2Zn. The van der Waals surface area contributed by atoms with Gasteiger partial charge in [0.15, 0.2) is 0 Å². The van der Waals surface area contributed by atoms with Crippen molar-refractivity contribution in [3.8, 4) is 0 Å². The van der Waals surface area contributed by atoms with E-state index in [0.717, 1.165) is 0 Å². The average Bonchev–Trinajstić information content (AvgIpc) is 1.71. The molecule has 0 aliphatic carbocycles. The summed E-state index contributed by atoms with van der Waals surface area (Å²) in [5.41, 5.74) is 0. The fraction of sp³-hybridized carbons (Fsp3) is 0.667. The Morgan fingerprint density at radius 2 is 2.12 bits per heavy atom. The molecule has 0 atom stereocenters. The van der Waals surface area contributed by atoms with Gasteiger partial charge in [-0.2, -0.15) is 0 Å². The molecule has 45 valence electrons. The number of carbonyl (C=O) groups excluding carboxylic acids is 1. The van der Waals surface area contributed by atoms with Gasteiger partial charge in [-0.25, -0.2) is 4.79 Å². The summed E-state index contributed by atoms with van der Waals surface area (Å²) in [4.78, 5) is 9.06. The molecule has 0 saturated heterocycles. The zero-order valence-corrected chi connectivity index (χ0v) is 10.6. The maximum atomic E-state index is 9.06. The standard InChI is InChI=1S/C3H5O2.2BrH.Zn/c1-2-5-3-4;;;/h2H2,1H3;2*1H;/q;;;+2/p-2. The molecule has 0 N–H and O–H groups in total. The Bertz CT molecular complexity index is 44.3. The van der Waals surface area contributed by atoms with E-state index in [0.29, 0.717) is 6.61 Å². The quantitative estimate of drug-likeness (QED) is 0.726. The number of ether oxygens (including phenoxy) is 1. The van der Waals surface area contributed by atoms with Gasteiger partial charge in [0.25, 0.3) is 0 Å². The Labute approximate surface area is 69.7 Å². The van der Waals surface area contributed by atoms with Gasteiger partial charge in [0.05, 0.1) is 6.61 Å².